The van der Waals surface area contributed by atoms with Crippen molar-refractivity contribution in [1.29, 1.82) is 0 Å². The van der Waals surface area contributed by atoms with Crippen LogP contribution in [0.15, 0.2) is 115 Å². The first-order valence-corrected chi connectivity index (χ1v) is 14.1. The van der Waals surface area contributed by atoms with Crippen LogP contribution < -0.4 is 14.8 Å². The maximum Gasteiger partial charge on any atom is 0.244 e. The number of fused-ring (bicyclic) bond motifs is 6. The van der Waals surface area contributed by atoms with Gasteiger partial charge in [-0.2, -0.15) is 0 Å². The summed E-state index contributed by atoms with van der Waals surface area (Å²) in [5.74, 6) is 1.12. The first-order valence-electron chi connectivity index (χ1n) is 14.1. The molecular formula is C37H29N3O3. The number of para-hydroxylation sites is 1. The molecule has 43 heavy (non-hydrogen) atoms. The van der Waals surface area contributed by atoms with Gasteiger partial charge in [0.1, 0.15) is 11.5 Å². The summed E-state index contributed by atoms with van der Waals surface area (Å²) in [6, 6.07) is 35.3. The Kier molecular flexibility index (Phi) is 6.72. The molecule has 7 rings (SSSR count). The Morgan fingerprint density at radius 3 is 2.33 bits per heavy atom. The Balaban J connectivity index is 1.25. The van der Waals surface area contributed by atoms with E-state index < -0.39 is 0 Å². The first kappa shape index (κ1) is 26.3. The standard InChI is InChI=1S/C37H29N3O3/c1-42-27-16-17-36(43-2)25(19-27)15-18-37(41)39-22-26-21-32-31-13-7-8-14-33(31)40(35(32)23-38-26)34-20-24-9-3-4-10-28(24)29-11-5-6-12-30(29)34/h3-21,23H,22H2,1-2H3,(H,39,41)/b18-15+. The number of carbonyl (C=O) groups excluding carboxylic acids is 1. The van der Waals surface area contributed by atoms with Crippen molar-refractivity contribution in [2.24, 2.45) is 0 Å². The fraction of sp³-hybridized carbons (Fsp3) is 0.0811. The molecule has 0 radical (unpaired) electrons. The molecule has 0 bridgehead atoms. The zero-order chi connectivity index (χ0) is 29.3. The Labute approximate surface area is 248 Å². The van der Waals surface area contributed by atoms with E-state index in [4.69, 9.17) is 14.5 Å². The summed E-state index contributed by atoms with van der Waals surface area (Å²) >= 11 is 0. The van der Waals surface area contributed by atoms with Gasteiger partial charge in [0.25, 0.3) is 0 Å². The molecular weight excluding hydrogens is 534 g/mol. The summed E-state index contributed by atoms with van der Waals surface area (Å²) in [4.78, 5) is 17.5. The highest BCUT2D eigenvalue weighted by Crippen LogP contribution is 2.37. The predicted octanol–water partition coefficient (Wildman–Crippen LogP) is 7.83. The highest BCUT2D eigenvalue weighted by molar-refractivity contribution is 6.15. The van der Waals surface area contributed by atoms with Gasteiger partial charge in [-0.1, -0.05) is 66.7 Å². The molecule has 0 saturated heterocycles. The Hall–Kier alpha value is -5.62. The molecule has 0 spiro atoms. The van der Waals surface area contributed by atoms with Gasteiger partial charge in [0.15, 0.2) is 0 Å². The average Bonchev–Trinajstić information content (AvgIpc) is 3.39. The molecule has 0 aliphatic rings. The van der Waals surface area contributed by atoms with E-state index in [-0.39, 0.29) is 5.91 Å². The number of hydrogen-bond donors (Lipinski definition) is 1. The number of ether oxygens (including phenoxy) is 2. The molecule has 0 unspecified atom stereocenters. The molecule has 0 saturated carbocycles. The van der Waals surface area contributed by atoms with E-state index in [1.54, 1.807) is 20.3 Å². The minimum absolute atomic E-state index is 0.225. The van der Waals surface area contributed by atoms with Gasteiger partial charge in [-0.15, -0.1) is 0 Å². The van der Waals surface area contributed by atoms with Crippen LogP contribution in [0.2, 0.25) is 0 Å². The molecule has 2 heterocycles. The van der Waals surface area contributed by atoms with E-state index in [2.05, 4.69) is 94.8 Å². The van der Waals surface area contributed by atoms with Crippen LogP contribution in [-0.4, -0.2) is 29.7 Å². The van der Waals surface area contributed by atoms with Crippen LogP contribution in [0.4, 0.5) is 0 Å². The maximum atomic E-state index is 12.7. The fourth-order valence-corrected chi connectivity index (χ4v) is 5.86. The molecule has 210 valence electrons. The summed E-state index contributed by atoms with van der Waals surface area (Å²) in [7, 11) is 3.20. The molecule has 5 aromatic carbocycles. The van der Waals surface area contributed by atoms with Gasteiger partial charge in [-0.3, -0.25) is 9.78 Å². The van der Waals surface area contributed by atoms with Crippen LogP contribution in [0.3, 0.4) is 0 Å². The summed E-state index contributed by atoms with van der Waals surface area (Å²) < 4.78 is 13.0. The number of aromatic nitrogens is 2. The van der Waals surface area contributed by atoms with E-state index >= 15 is 0 Å². The lowest BCUT2D eigenvalue weighted by Crippen LogP contribution is -2.20. The highest BCUT2D eigenvalue weighted by Gasteiger charge is 2.16. The van der Waals surface area contributed by atoms with Crippen molar-refractivity contribution in [1.82, 2.24) is 14.9 Å². The third-order valence-electron chi connectivity index (χ3n) is 7.90. The molecule has 0 atom stereocenters. The van der Waals surface area contributed by atoms with Crippen LogP contribution in [0.25, 0.3) is 55.1 Å². The predicted molar refractivity (Wildman–Crippen MR) is 174 cm³/mol. The van der Waals surface area contributed by atoms with Gasteiger partial charge in [0, 0.05) is 27.8 Å². The van der Waals surface area contributed by atoms with E-state index in [9.17, 15) is 4.79 Å². The van der Waals surface area contributed by atoms with Gasteiger partial charge in [-0.25, -0.2) is 0 Å². The third kappa shape index (κ3) is 4.73. The highest BCUT2D eigenvalue weighted by atomic mass is 16.5. The quantitative estimate of drug-likeness (QED) is 0.159. The second-order valence-corrected chi connectivity index (χ2v) is 10.4. The number of hydrogen-bond acceptors (Lipinski definition) is 4. The van der Waals surface area contributed by atoms with E-state index in [1.165, 1.54) is 27.6 Å². The lowest BCUT2D eigenvalue weighted by Gasteiger charge is -2.14. The molecule has 1 N–H and O–H groups in total. The molecule has 0 aliphatic carbocycles. The third-order valence-corrected chi connectivity index (χ3v) is 7.90. The summed E-state index contributed by atoms with van der Waals surface area (Å²) in [6.45, 7) is 0.298. The molecule has 6 nitrogen and oxygen atoms in total. The van der Waals surface area contributed by atoms with Crippen LogP contribution in [0.5, 0.6) is 11.5 Å². The average molecular weight is 564 g/mol. The number of carbonyl (C=O) groups is 1. The molecule has 0 fully saturated rings. The van der Waals surface area contributed by atoms with Gasteiger partial charge in [0.2, 0.25) is 5.91 Å². The zero-order valence-electron chi connectivity index (χ0n) is 23.9. The van der Waals surface area contributed by atoms with Gasteiger partial charge in [0.05, 0.1) is 49.4 Å². The Bertz CT molecular complexity index is 2200. The number of benzene rings is 5. The molecule has 2 aromatic heterocycles. The molecule has 1 amide bonds. The van der Waals surface area contributed by atoms with E-state index in [1.807, 2.05) is 24.4 Å². The number of pyridine rings is 1. The van der Waals surface area contributed by atoms with E-state index in [0.717, 1.165) is 38.8 Å². The first-order chi connectivity index (χ1) is 21.1. The topological polar surface area (TPSA) is 65.4 Å². The van der Waals surface area contributed by atoms with Crippen LogP contribution >= 0.6 is 0 Å². The fourth-order valence-electron chi connectivity index (χ4n) is 5.86. The second kappa shape index (κ2) is 11.0. The Morgan fingerprint density at radius 1 is 0.767 bits per heavy atom. The summed E-state index contributed by atoms with van der Waals surface area (Å²) in [6.07, 6.45) is 5.12. The molecule has 7 aromatic rings. The van der Waals surface area contributed by atoms with Crippen molar-refractivity contribution in [3.63, 3.8) is 0 Å². The summed E-state index contributed by atoms with van der Waals surface area (Å²) in [5.41, 5.74) is 4.77. The van der Waals surface area contributed by atoms with Crippen molar-refractivity contribution in [2.45, 2.75) is 6.54 Å². The number of nitrogens with one attached hydrogen (secondary N) is 1. The largest absolute Gasteiger partial charge is 0.497 e. The minimum atomic E-state index is -0.225. The van der Waals surface area contributed by atoms with Gasteiger partial charge >= 0.3 is 0 Å². The summed E-state index contributed by atoms with van der Waals surface area (Å²) in [5, 5.41) is 10.0. The van der Waals surface area contributed by atoms with Crippen LogP contribution in [0, 0.1) is 0 Å². The number of methoxy groups -OCH3 is 2. The smallest absolute Gasteiger partial charge is 0.244 e. The van der Waals surface area contributed by atoms with Crippen LogP contribution in [0.1, 0.15) is 11.3 Å². The molecule has 0 aliphatic heterocycles. The van der Waals surface area contributed by atoms with Crippen LogP contribution in [-0.2, 0) is 11.3 Å². The van der Waals surface area contributed by atoms with Crippen molar-refractivity contribution in [2.75, 3.05) is 14.2 Å². The zero-order valence-corrected chi connectivity index (χ0v) is 23.9. The lowest BCUT2D eigenvalue weighted by molar-refractivity contribution is -0.116. The van der Waals surface area contributed by atoms with E-state index in [0.29, 0.717) is 18.0 Å². The monoisotopic (exact) mass is 563 g/mol. The number of rotatable bonds is 7. The van der Waals surface area contributed by atoms with Crippen molar-refractivity contribution >= 4 is 55.3 Å². The maximum absolute atomic E-state index is 12.7. The lowest BCUT2D eigenvalue weighted by atomic mass is 10.00. The minimum Gasteiger partial charge on any atom is -0.497 e. The number of nitrogens with zero attached hydrogens (tertiary/aromatic N) is 2. The Morgan fingerprint density at radius 2 is 1.51 bits per heavy atom. The second-order valence-electron chi connectivity index (χ2n) is 10.4. The van der Waals surface area contributed by atoms with Gasteiger partial charge in [-0.05, 0) is 58.6 Å². The SMILES string of the molecule is COc1ccc(OC)c(/C=C/C(=O)NCc2cc3c4ccccc4n(-c4cc5ccccc5c5ccccc45)c3cn2)c1. The van der Waals surface area contributed by atoms with Crippen molar-refractivity contribution < 1.29 is 14.3 Å². The van der Waals surface area contributed by atoms with Crippen molar-refractivity contribution in [3.8, 4) is 17.2 Å². The number of amides is 1. The van der Waals surface area contributed by atoms with Crippen molar-refractivity contribution in [3.05, 3.63) is 127 Å². The molecule has 6 heteroatoms. The normalized spacial score (nSPS) is 11.6. The van der Waals surface area contributed by atoms with Gasteiger partial charge < -0.3 is 19.4 Å².